The van der Waals surface area contributed by atoms with Gasteiger partial charge in [0.1, 0.15) is 17.9 Å². The summed E-state index contributed by atoms with van der Waals surface area (Å²) in [6.45, 7) is 2.84. The lowest BCUT2D eigenvalue weighted by Crippen LogP contribution is -2.04. The molecule has 0 radical (unpaired) electrons. The van der Waals surface area contributed by atoms with Gasteiger partial charge in [0.05, 0.1) is 12.7 Å². The highest BCUT2D eigenvalue weighted by molar-refractivity contribution is 5.97. The van der Waals surface area contributed by atoms with Gasteiger partial charge in [-0.1, -0.05) is 48.5 Å². The van der Waals surface area contributed by atoms with Crippen LogP contribution in [0, 0.1) is 6.92 Å². The number of aliphatic carboxylic acids is 1. The average molecular weight is 401 g/mol. The van der Waals surface area contributed by atoms with Gasteiger partial charge >= 0.3 is 5.97 Å². The van der Waals surface area contributed by atoms with Crippen molar-refractivity contribution in [3.8, 4) is 16.9 Å². The first-order valence-corrected chi connectivity index (χ1v) is 9.79. The molecule has 0 spiro atoms. The quantitative estimate of drug-likeness (QED) is 0.451. The number of carbonyl (C=O) groups is 1. The number of benzene rings is 3. The van der Waals surface area contributed by atoms with Crippen LogP contribution in [-0.2, 0) is 24.4 Å². The van der Waals surface area contributed by atoms with E-state index >= 15 is 0 Å². The highest BCUT2D eigenvalue weighted by atomic mass is 16.5. The Labute approximate surface area is 174 Å². The normalized spacial score (nSPS) is 11.0. The second-order valence-electron chi connectivity index (χ2n) is 7.20. The Bertz CT molecular complexity index is 1210. The third-order valence-corrected chi connectivity index (χ3v) is 5.33. The summed E-state index contributed by atoms with van der Waals surface area (Å²) in [5, 5.41) is 10.1. The van der Waals surface area contributed by atoms with Crippen molar-refractivity contribution in [2.45, 2.75) is 26.5 Å². The Morgan fingerprint density at radius 1 is 0.967 bits per heavy atom. The predicted molar refractivity (Wildman–Crippen MR) is 116 cm³/mol. The van der Waals surface area contributed by atoms with Crippen LogP contribution in [0.4, 0.5) is 0 Å². The van der Waals surface area contributed by atoms with Gasteiger partial charge in [0.15, 0.2) is 0 Å². The first-order valence-electron chi connectivity index (χ1n) is 9.79. The molecular formula is C25H23NO4. The lowest BCUT2D eigenvalue weighted by atomic mass is 9.93. The van der Waals surface area contributed by atoms with Crippen molar-refractivity contribution in [2.75, 3.05) is 0 Å². The van der Waals surface area contributed by atoms with Gasteiger partial charge in [0.2, 0.25) is 0 Å². The zero-order valence-corrected chi connectivity index (χ0v) is 16.7. The van der Waals surface area contributed by atoms with E-state index < -0.39 is 5.97 Å². The molecular weight excluding hydrogens is 378 g/mol. The lowest BCUT2D eigenvalue weighted by Gasteiger charge is -2.13. The molecule has 1 aromatic heterocycles. The molecule has 0 atom stereocenters. The summed E-state index contributed by atoms with van der Waals surface area (Å²) in [6, 6.07) is 19.3. The van der Waals surface area contributed by atoms with E-state index in [-0.39, 0.29) is 13.0 Å². The van der Waals surface area contributed by atoms with E-state index in [4.69, 9.17) is 20.0 Å². The van der Waals surface area contributed by atoms with Gasteiger partial charge in [-0.15, -0.1) is 0 Å². The van der Waals surface area contributed by atoms with Crippen LogP contribution >= 0.6 is 0 Å². The minimum absolute atomic E-state index is 0.0847. The van der Waals surface area contributed by atoms with Gasteiger partial charge in [-0.05, 0) is 41.3 Å². The summed E-state index contributed by atoms with van der Waals surface area (Å²) >= 11 is 0. The van der Waals surface area contributed by atoms with E-state index in [9.17, 15) is 4.79 Å². The number of carboxylic acid groups (broad SMARTS) is 1. The molecule has 3 N–H and O–H groups in total. The minimum atomic E-state index is -0.891. The topological polar surface area (TPSA) is 85.7 Å². The number of furan rings is 1. The van der Waals surface area contributed by atoms with Gasteiger partial charge < -0.3 is 20.0 Å². The maximum Gasteiger partial charge on any atom is 0.307 e. The molecule has 0 saturated carbocycles. The molecule has 0 bridgehead atoms. The molecule has 0 aliphatic heterocycles. The Hall–Kier alpha value is -3.57. The van der Waals surface area contributed by atoms with Crippen LogP contribution in [0.5, 0.6) is 5.75 Å². The number of fused-ring (bicyclic) bond motifs is 1. The highest BCUT2D eigenvalue weighted by Crippen LogP contribution is 2.35. The van der Waals surface area contributed by atoms with Crippen molar-refractivity contribution >= 4 is 16.9 Å². The summed E-state index contributed by atoms with van der Waals surface area (Å²) in [5.41, 5.74) is 12.7. The van der Waals surface area contributed by atoms with E-state index in [0.29, 0.717) is 17.9 Å². The predicted octanol–water partition coefficient (Wildman–Crippen LogP) is 5.07. The molecule has 0 amide bonds. The third-order valence-electron chi connectivity index (χ3n) is 5.33. The molecule has 0 aliphatic carbocycles. The molecule has 30 heavy (non-hydrogen) atoms. The molecule has 0 fully saturated rings. The van der Waals surface area contributed by atoms with Crippen LogP contribution in [0.25, 0.3) is 22.1 Å². The maximum atomic E-state index is 11.1. The Morgan fingerprint density at radius 2 is 1.70 bits per heavy atom. The zero-order chi connectivity index (χ0) is 21.1. The van der Waals surface area contributed by atoms with E-state index in [2.05, 4.69) is 19.1 Å². The first kappa shape index (κ1) is 19.7. The van der Waals surface area contributed by atoms with Crippen molar-refractivity contribution in [2.24, 2.45) is 5.73 Å². The van der Waals surface area contributed by atoms with Crippen molar-refractivity contribution in [3.63, 3.8) is 0 Å². The molecule has 4 aromatic rings. The zero-order valence-electron chi connectivity index (χ0n) is 16.7. The van der Waals surface area contributed by atoms with Gasteiger partial charge in [0, 0.05) is 23.1 Å². The number of para-hydroxylation sites is 1. The molecule has 5 heteroatoms. The van der Waals surface area contributed by atoms with E-state index in [1.807, 2.05) is 36.4 Å². The number of nitrogens with two attached hydrogens (primary N) is 1. The number of rotatable bonds is 7. The van der Waals surface area contributed by atoms with Crippen LogP contribution in [0.1, 0.15) is 22.3 Å². The fourth-order valence-electron chi connectivity index (χ4n) is 3.79. The van der Waals surface area contributed by atoms with Crippen molar-refractivity contribution in [1.29, 1.82) is 0 Å². The monoisotopic (exact) mass is 401 g/mol. The Morgan fingerprint density at radius 3 is 2.50 bits per heavy atom. The largest absolute Gasteiger partial charge is 0.488 e. The molecule has 152 valence electrons. The summed E-state index contributed by atoms with van der Waals surface area (Å²) in [6.07, 6.45) is 1.62. The SMILES string of the molecule is Cc1c(CN)cccc1-c1cccc2occ(COc3ccccc3CC(=O)O)c12. The summed E-state index contributed by atoms with van der Waals surface area (Å²) < 4.78 is 11.8. The van der Waals surface area contributed by atoms with Crippen LogP contribution in [-0.4, -0.2) is 11.1 Å². The molecule has 1 heterocycles. The third kappa shape index (κ3) is 3.80. The second kappa shape index (κ2) is 8.43. The molecule has 4 rings (SSSR count). The van der Waals surface area contributed by atoms with Crippen molar-refractivity contribution in [3.05, 3.63) is 89.2 Å². The molecule has 5 nitrogen and oxygen atoms in total. The summed E-state index contributed by atoms with van der Waals surface area (Å²) in [7, 11) is 0. The van der Waals surface area contributed by atoms with E-state index in [0.717, 1.165) is 38.8 Å². The maximum absolute atomic E-state index is 11.1. The van der Waals surface area contributed by atoms with E-state index in [1.165, 1.54) is 0 Å². The second-order valence-corrected chi connectivity index (χ2v) is 7.20. The van der Waals surface area contributed by atoms with Crippen molar-refractivity contribution < 1.29 is 19.1 Å². The number of hydrogen-bond donors (Lipinski definition) is 2. The minimum Gasteiger partial charge on any atom is -0.488 e. The van der Waals surface area contributed by atoms with Crippen LogP contribution in [0.2, 0.25) is 0 Å². The van der Waals surface area contributed by atoms with Gasteiger partial charge in [-0.3, -0.25) is 4.79 Å². The van der Waals surface area contributed by atoms with Crippen molar-refractivity contribution in [1.82, 2.24) is 0 Å². The van der Waals surface area contributed by atoms with Gasteiger partial charge in [-0.25, -0.2) is 0 Å². The molecule has 3 aromatic carbocycles. The molecule has 0 aliphatic rings. The highest BCUT2D eigenvalue weighted by Gasteiger charge is 2.16. The van der Waals surface area contributed by atoms with Crippen LogP contribution < -0.4 is 10.5 Å². The van der Waals surface area contributed by atoms with Crippen LogP contribution in [0.3, 0.4) is 0 Å². The molecule has 0 saturated heterocycles. The van der Waals surface area contributed by atoms with E-state index in [1.54, 1.807) is 18.4 Å². The standard InChI is InChI=1S/C25H23NO4/c1-16-18(13-26)7-4-8-20(16)21-9-5-11-23-25(21)19(15-30-23)14-29-22-10-3-2-6-17(22)12-24(27)28/h2-11,15H,12-14,26H2,1H3,(H,27,28). The Kier molecular flexibility index (Phi) is 5.55. The lowest BCUT2D eigenvalue weighted by molar-refractivity contribution is -0.136. The summed E-state index contributed by atoms with van der Waals surface area (Å²) in [5.74, 6) is -0.328. The fraction of sp³-hybridized carbons (Fsp3) is 0.160. The van der Waals surface area contributed by atoms with Crippen LogP contribution in [0.15, 0.2) is 71.3 Å². The molecule has 0 unspecified atom stereocenters. The number of carboxylic acids is 1. The average Bonchev–Trinajstić information content (AvgIpc) is 3.16. The summed E-state index contributed by atoms with van der Waals surface area (Å²) in [4.78, 5) is 11.1. The van der Waals surface area contributed by atoms with Gasteiger partial charge in [-0.2, -0.15) is 0 Å². The first-order chi connectivity index (χ1) is 14.6. The smallest absolute Gasteiger partial charge is 0.307 e. The van der Waals surface area contributed by atoms with Gasteiger partial charge in [0.25, 0.3) is 0 Å². The number of hydrogen-bond acceptors (Lipinski definition) is 4. The number of ether oxygens (including phenoxy) is 1. The fourth-order valence-corrected chi connectivity index (χ4v) is 3.79. The Balaban J connectivity index is 1.72.